The Morgan fingerprint density at radius 2 is 1.90 bits per heavy atom. The maximum atomic E-state index is 12.5. The van der Waals surface area contributed by atoms with Crippen LogP contribution in [0.4, 0.5) is 4.79 Å². The summed E-state index contributed by atoms with van der Waals surface area (Å²) in [5, 5.41) is 20.1. The van der Waals surface area contributed by atoms with Gasteiger partial charge in [-0.25, -0.2) is 14.6 Å². The van der Waals surface area contributed by atoms with Gasteiger partial charge in [-0.15, -0.1) is 0 Å². The predicted molar refractivity (Wildman–Crippen MR) is 103 cm³/mol. The van der Waals surface area contributed by atoms with Crippen LogP contribution in [0.2, 0.25) is 0 Å². The first-order valence-electron chi connectivity index (χ1n) is 9.31. The van der Waals surface area contributed by atoms with Gasteiger partial charge in [0.15, 0.2) is 0 Å². The van der Waals surface area contributed by atoms with Crippen LogP contribution < -0.4 is 0 Å². The number of aliphatic carboxylic acids is 1. The van der Waals surface area contributed by atoms with Gasteiger partial charge < -0.3 is 10.2 Å². The van der Waals surface area contributed by atoms with Gasteiger partial charge in [0.1, 0.15) is 11.7 Å². The van der Waals surface area contributed by atoms with E-state index in [0.717, 1.165) is 15.8 Å². The molecule has 1 unspecified atom stereocenters. The third-order valence-electron chi connectivity index (χ3n) is 5.96. The lowest BCUT2D eigenvalue weighted by Gasteiger charge is -2.52. The summed E-state index contributed by atoms with van der Waals surface area (Å²) >= 11 is 0. The van der Waals surface area contributed by atoms with Crippen LogP contribution in [-0.2, 0) is 9.59 Å². The molecular weight excluding hydrogens is 374 g/mol. The second-order valence-corrected chi connectivity index (χ2v) is 7.39. The van der Waals surface area contributed by atoms with Gasteiger partial charge in [-0.3, -0.25) is 14.6 Å². The lowest BCUT2D eigenvalue weighted by atomic mass is 9.78. The Balaban J connectivity index is 1.52. The smallest absolute Gasteiger partial charge is 0.408 e. The van der Waals surface area contributed by atoms with Crippen molar-refractivity contribution >= 4 is 34.9 Å². The maximum Gasteiger partial charge on any atom is 0.408 e. The largest absolute Gasteiger partial charge is 0.477 e. The molecule has 1 aromatic heterocycles. The number of amides is 2. The number of hydrogen-bond acceptors (Lipinski definition) is 4. The van der Waals surface area contributed by atoms with E-state index < -0.39 is 30.1 Å². The van der Waals surface area contributed by atoms with Gasteiger partial charge in [-0.1, -0.05) is 30.3 Å². The van der Waals surface area contributed by atoms with E-state index in [-0.39, 0.29) is 18.2 Å². The van der Waals surface area contributed by atoms with Crippen molar-refractivity contribution in [2.75, 3.05) is 6.54 Å². The van der Waals surface area contributed by atoms with Gasteiger partial charge in [0, 0.05) is 17.8 Å². The molecule has 0 spiro atoms. The van der Waals surface area contributed by atoms with Crippen molar-refractivity contribution in [2.45, 2.75) is 18.5 Å². The molecular formula is C21H17N3O5. The van der Waals surface area contributed by atoms with Gasteiger partial charge in [0.05, 0.1) is 17.3 Å². The summed E-state index contributed by atoms with van der Waals surface area (Å²) in [5.41, 5.74) is 2.02. The SMILES string of the molecule is O=C(O)C1=C(/C=C/c2ccc3ccccc3n2)C2CCN(C(=O)O)[C@@H]3C(=O)N1[C@H]23. The second-order valence-electron chi connectivity index (χ2n) is 7.39. The number of carbonyl (C=O) groups excluding carboxylic acids is 1. The van der Waals surface area contributed by atoms with Gasteiger partial charge >= 0.3 is 12.1 Å². The zero-order valence-electron chi connectivity index (χ0n) is 15.2. The Morgan fingerprint density at radius 1 is 1.10 bits per heavy atom. The zero-order chi connectivity index (χ0) is 20.3. The lowest BCUT2D eigenvalue weighted by Crippen LogP contribution is -2.73. The van der Waals surface area contributed by atoms with Gasteiger partial charge in [0.2, 0.25) is 0 Å². The molecule has 29 heavy (non-hydrogen) atoms. The van der Waals surface area contributed by atoms with Gasteiger partial charge in [0.25, 0.3) is 5.91 Å². The number of pyridine rings is 1. The number of rotatable bonds is 3. The quantitative estimate of drug-likeness (QED) is 0.776. The molecule has 0 saturated carbocycles. The van der Waals surface area contributed by atoms with Crippen LogP contribution in [0, 0.1) is 5.92 Å². The molecule has 2 amide bonds. The Hall–Kier alpha value is -3.68. The first kappa shape index (κ1) is 17.4. The highest BCUT2D eigenvalue weighted by atomic mass is 16.4. The van der Waals surface area contributed by atoms with Crippen LogP contribution in [0.1, 0.15) is 12.1 Å². The van der Waals surface area contributed by atoms with Crippen molar-refractivity contribution in [1.29, 1.82) is 0 Å². The Morgan fingerprint density at radius 3 is 2.66 bits per heavy atom. The molecule has 5 rings (SSSR count). The topological polar surface area (TPSA) is 111 Å². The molecule has 2 N–H and O–H groups in total. The van der Waals surface area contributed by atoms with Crippen molar-refractivity contribution in [3.8, 4) is 0 Å². The molecule has 0 bridgehead atoms. The van der Waals surface area contributed by atoms with Crippen molar-refractivity contribution < 1.29 is 24.6 Å². The molecule has 0 radical (unpaired) electrons. The average molecular weight is 391 g/mol. The van der Waals surface area contributed by atoms with Crippen LogP contribution in [-0.4, -0.2) is 61.6 Å². The molecule has 2 saturated heterocycles. The second kappa shape index (κ2) is 6.16. The third kappa shape index (κ3) is 2.45. The number of benzene rings is 1. The summed E-state index contributed by atoms with van der Waals surface area (Å²) < 4.78 is 0. The Bertz CT molecular complexity index is 1140. The molecule has 3 aliphatic rings. The van der Waals surface area contributed by atoms with Crippen molar-refractivity contribution in [1.82, 2.24) is 14.8 Å². The summed E-state index contributed by atoms with van der Waals surface area (Å²) in [4.78, 5) is 42.8. The van der Waals surface area contributed by atoms with Crippen LogP contribution in [0.15, 0.2) is 53.7 Å². The number of para-hydroxylation sites is 1. The van der Waals surface area contributed by atoms with Crippen LogP contribution in [0.5, 0.6) is 0 Å². The molecule has 3 atom stereocenters. The van der Waals surface area contributed by atoms with E-state index in [0.29, 0.717) is 17.7 Å². The molecule has 1 aromatic carbocycles. The number of carboxylic acid groups (broad SMARTS) is 2. The molecule has 2 aromatic rings. The van der Waals surface area contributed by atoms with Crippen LogP contribution in [0.3, 0.4) is 0 Å². The van der Waals surface area contributed by atoms with E-state index in [4.69, 9.17) is 0 Å². The molecule has 8 heteroatoms. The third-order valence-corrected chi connectivity index (χ3v) is 5.96. The van der Waals surface area contributed by atoms with Crippen LogP contribution >= 0.6 is 0 Å². The summed E-state index contributed by atoms with van der Waals surface area (Å²) in [5.74, 6) is -1.85. The first-order chi connectivity index (χ1) is 14.0. The number of allylic oxidation sites excluding steroid dienone is 1. The number of aromatic nitrogens is 1. The summed E-state index contributed by atoms with van der Waals surface area (Å²) in [6.07, 6.45) is 2.78. The first-order valence-corrected chi connectivity index (χ1v) is 9.31. The summed E-state index contributed by atoms with van der Waals surface area (Å²) in [6, 6.07) is 10.3. The van der Waals surface area contributed by atoms with E-state index in [1.807, 2.05) is 36.4 Å². The highest BCUT2D eigenvalue weighted by molar-refractivity contribution is 6.03. The molecule has 146 valence electrons. The van der Waals surface area contributed by atoms with E-state index in [1.165, 1.54) is 4.90 Å². The average Bonchev–Trinajstić information content (AvgIpc) is 3.04. The molecule has 0 aliphatic carbocycles. The van der Waals surface area contributed by atoms with Gasteiger partial charge in [-0.2, -0.15) is 0 Å². The van der Waals surface area contributed by atoms with E-state index in [2.05, 4.69) is 4.98 Å². The van der Waals surface area contributed by atoms with Crippen molar-refractivity contribution in [3.05, 3.63) is 59.4 Å². The number of fused-ring (bicyclic) bond motifs is 1. The number of hydrogen-bond donors (Lipinski definition) is 2. The number of likely N-dealkylation sites (tertiary alicyclic amines) is 1. The fraction of sp³-hybridized carbons (Fsp3) is 0.238. The molecule has 2 fully saturated rings. The summed E-state index contributed by atoms with van der Waals surface area (Å²) in [6.45, 7) is 0.208. The maximum absolute atomic E-state index is 12.5. The van der Waals surface area contributed by atoms with Crippen molar-refractivity contribution in [2.24, 2.45) is 5.92 Å². The zero-order valence-corrected chi connectivity index (χ0v) is 15.2. The highest BCUT2D eigenvalue weighted by Gasteiger charge is 2.64. The number of nitrogens with zero attached hydrogens (tertiary/aromatic N) is 3. The standard InChI is InChI=1S/C21H17N3O5/c25-19-18-16-14(9-10-23(18)21(28)29)13(17(20(26)27)24(16)19)8-7-12-6-5-11-3-1-2-4-15(11)22-12/h1-8,14,16,18H,9-10H2,(H,26,27)(H,28,29)/b8-7+/t14?,16-,18+/m1/s1. The van der Waals surface area contributed by atoms with Gasteiger partial charge in [-0.05, 0) is 30.2 Å². The minimum absolute atomic E-state index is 0.0504. The fourth-order valence-corrected chi connectivity index (χ4v) is 4.71. The minimum Gasteiger partial charge on any atom is -0.477 e. The molecule has 4 heterocycles. The molecule has 3 aliphatic heterocycles. The monoisotopic (exact) mass is 391 g/mol. The van der Waals surface area contributed by atoms with Crippen LogP contribution in [0.25, 0.3) is 17.0 Å². The van der Waals surface area contributed by atoms with Crippen molar-refractivity contribution in [3.63, 3.8) is 0 Å². The normalized spacial score (nSPS) is 25.5. The predicted octanol–water partition coefficient (Wildman–Crippen LogP) is 2.18. The number of carboxylic acids is 1. The lowest BCUT2D eigenvalue weighted by molar-refractivity contribution is -0.161. The summed E-state index contributed by atoms with van der Waals surface area (Å²) in [7, 11) is 0. The molecule has 8 nitrogen and oxygen atoms in total. The fourth-order valence-electron chi connectivity index (χ4n) is 4.71. The van der Waals surface area contributed by atoms with E-state index in [1.54, 1.807) is 12.2 Å². The number of β-lactam (4-membered cyclic amide) rings is 1. The Labute approximate surface area is 165 Å². The van der Waals surface area contributed by atoms with E-state index >= 15 is 0 Å². The highest BCUT2D eigenvalue weighted by Crippen LogP contribution is 2.49. The minimum atomic E-state index is -1.18. The van der Waals surface area contributed by atoms with E-state index in [9.17, 15) is 24.6 Å². The number of carbonyl (C=O) groups is 3. The number of piperidine rings is 1. The Kier molecular flexibility index (Phi) is 3.70.